The quantitative estimate of drug-likeness (QED) is 0.655. The van der Waals surface area contributed by atoms with Crippen LogP contribution in [0.4, 0.5) is 8.78 Å². The first kappa shape index (κ1) is 19.2. The van der Waals surface area contributed by atoms with Gasteiger partial charge in [-0.15, -0.1) is 0 Å². The molecule has 30 heavy (non-hydrogen) atoms. The fourth-order valence-corrected chi connectivity index (χ4v) is 5.26. The molecule has 156 valence electrons. The second kappa shape index (κ2) is 7.16. The maximum atomic E-state index is 13.7. The average molecular weight is 409 g/mol. The Kier molecular flexibility index (Phi) is 4.57. The number of nitriles is 1. The number of allylic oxidation sites excluding steroid dienone is 2. The first-order valence-corrected chi connectivity index (χ1v) is 10.7. The molecule has 0 atom stereocenters. The van der Waals surface area contributed by atoms with E-state index in [-0.39, 0.29) is 18.9 Å². The van der Waals surface area contributed by atoms with Crippen molar-refractivity contribution in [2.45, 2.75) is 56.5 Å². The number of nitrogens with zero attached hydrogens (tertiary/aromatic N) is 3. The fourth-order valence-electron chi connectivity index (χ4n) is 5.26. The minimum absolute atomic E-state index is 0.127. The molecule has 1 aromatic heterocycles. The Morgan fingerprint density at radius 3 is 2.60 bits per heavy atom. The van der Waals surface area contributed by atoms with Crippen LogP contribution in [-0.2, 0) is 0 Å². The third-order valence-corrected chi connectivity index (χ3v) is 6.77. The molecular weight excluding hydrogens is 384 g/mol. The molecule has 0 radical (unpaired) electrons. The van der Waals surface area contributed by atoms with Crippen molar-refractivity contribution < 1.29 is 13.5 Å². The van der Waals surface area contributed by atoms with Gasteiger partial charge in [-0.3, -0.25) is 0 Å². The van der Waals surface area contributed by atoms with Crippen LogP contribution in [0.25, 0.3) is 16.6 Å². The number of hydrogen-bond acceptors (Lipinski definition) is 3. The molecule has 0 N–H and O–H groups in total. The van der Waals surface area contributed by atoms with E-state index < -0.39 is 5.92 Å². The van der Waals surface area contributed by atoms with Crippen LogP contribution in [0.2, 0.25) is 0 Å². The van der Waals surface area contributed by atoms with Gasteiger partial charge in [-0.25, -0.2) is 8.78 Å². The van der Waals surface area contributed by atoms with E-state index in [1.54, 1.807) is 7.11 Å². The smallest absolute Gasteiger partial charge is 0.252 e. The van der Waals surface area contributed by atoms with Crippen LogP contribution >= 0.6 is 0 Å². The molecule has 0 saturated heterocycles. The number of halogens is 2. The lowest BCUT2D eigenvalue weighted by molar-refractivity contribution is -0.112. The standard InChI is InChI=1S/C24H25F2N3O/c1-30-18-9-10-19-20(15-27)23(29(22(19)12-18)16-6-2-3-7-16)21-8-4-5-11-28(21)17-13-24(25,26)14-17/h4-5,8-10,12,16-17H,2-3,6-7,11,13-14H2,1H3. The van der Waals surface area contributed by atoms with Crippen LogP contribution in [0.3, 0.4) is 0 Å². The lowest BCUT2D eigenvalue weighted by atomic mass is 9.85. The number of aromatic nitrogens is 1. The topological polar surface area (TPSA) is 41.2 Å². The van der Waals surface area contributed by atoms with E-state index in [2.05, 4.69) is 15.5 Å². The number of ether oxygens (including phenoxy) is 1. The Hall–Kier alpha value is -2.81. The van der Waals surface area contributed by atoms with Gasteiger partial charge in [-0.05, 0) is 31.1 Å². The van der Waals surface area contributed by atoms with Crippen molar-refractivity contribution in [3.63, 3.8) is 0 Å². The summed E-state index contributed by atoms with van der Waals surface area (Å²) >= 11 is 0. The average Bonchev–Trinajstić information content (AvgIpc) is 3.36. The van der Waals surface area contributed by atoms with Gasteiger partial charge in [0.1, 0.15) is 11.8 Å². The Balaban J connectivity index is 1.71. The number of benzene rings is 1. The SMILES string of the molecule is COc1ccc2c(C#N)c(C3=CC=CCN3C3CC(F)(F)C3)n(C3CCCC3)c2c1. The Labute approximate surface area is 175 Å². The molecule has 6 heteroatoms. The molecule has 2 aliphatic carbocycles. The lowest BCUT2D eigenvalue weighted by Crippen LogP contribution is -2.50. The number of fused-ring (bicyclic) bond motifs is 1. The van der Waals surface area contributed by atoms with E-state index in [1.165, 1.54) is 0 Å². The predicted molar refractivity (Wildman–Crippen MR) is 113 cm³/mol. The molecule has 0 amide bonds. The zero-order valence-corrected chi connectivity index (χ0v) is 17.1. The molecule has 5 rings (SSSR count). The van der Waals surface area contributed by atoms with Crippen molar-refractivity contribution in [1.82, 2.24) is 9.47 Å². The predicted octanol–water partition coefficient (Wildman–Crippen LogP) is 5.65. The van der Waals surface area contributed by atoms with E-state index in [9.17, 15) is 14.0 Å². The van der Waals surface area contributed by atoms with E-state index in [1.807, 2.05) is 36.4 Å². The molecule has 0 unspecified atom stereocenters. The van der Waals surface area contributed by atoms with Gasteiger partial charge in [0, 0.05) is 42.9 Å². The van der Waals surface area contributed by atoms with Crippen molar-refractivity contribution in [1.29, 1.82) is 5.26 Å². The van der Waals surface area contributed by atoms with Crippen molar-refractivity contribution >= 4 is 16.6 Å². The number of hydrogen-bond donors (Lipinski definition) is 0. The highest BCUT2D eigenvalue weighted by Crippen LogP contribution is 2.46. The Morgan fingerprint density at radius 1 is 1.17 bits per heavy atom. The monoisotopic (exact) mass is 409 g/mol. The normalized spacial score (nSPS) is 21.5. The molecule has 2 saturated carbocycles. The Morgan fingerprint density at radius 2 is 1.93 bits per heavy atom. The third kappa shape index (κ3) is 2.99. The summed E-state index contributed by atoms with van der Waals surface area (Å²) in [5, 5.41) is 11.0. The van der Waals surface area contributed by atoms with E-state index in [4.69, 9.17) is 4.74 Å². The summed E-state index contributed by atoms with van der Waals surface area (Å²) < 4.78 is 35.1. The van der Waals surface area contributed by atoms with Crippen molar-refractivity contribution in [2.24, 2.45) is 0 Å². The molecule has 0 spiro atoms. The van der Waals surface area contributed by atoms with Crippen LogP contribution in [0, 0.1) is 11.3 Å². The molecular formula is C24H25F2N3O. The molecule has 2 heterocycles. The largest absolute Gasteiger partial charge is 0.497 e. The minimum Gasteiger partial charge on any atom is -0.497 e. The van der Waals surface area contributed by atoms with Crippen molar-refractivity contribution in [3.8, 4) is 11.8 Å². The summed E-state index contributed by atoms with van der Waals surface area (Å²) in [6.45, 7) is 0.590. The minimum atomic E-state index is -2.58. The molecule has 1 aromatic carbocycles. The van der Waals surface area contributed by atoms with Gasteiger partial charge < -0.3 is 14.2 Å². The van der Waals surface area contributed by atoms with E-state index in [0.29, 0.717) is 18.2 Å². The molecule has 0 bridgehead atoms. The van der Waals surface area contributed by atoms with Gasteiger partial charge in [0.05, 0.1) is 29.6 Å². The van der Waals surface area contributed by atoms with Crippen LogP contribution in [0.15, 0.2) is 36.4 Å². The zero-order chi connectivity index (χ0) is 20.9. The maximum absolute atomic E-state index is 13.7. The maximum Gasteiger partial charge on any atom is 0.252 e. The van der Waals surface area contributed by atoms with Gasteiger partial charge in [0.15, 0.2) is 0 Å². The first-order valence-electron chi connectivity index (χ1n) is 10.7. The highest BCUT2D eigenvalue weighted by Gasteiger charge is 2.49. The highest BCUT2D eigenvalue weighted by molar-refractivity contribution is 5.94. The van der Waals surface area contributed by atoms with Crippen LogP contribution in [-0.4, -0.2) is 35.1 Å². The summed E-state index contributed by atoms with van der Waals surface area (Å²) in [6, 6.07) is 8.35. The van der Waals surface area contributed by atoms with Crippen LogP contribution < -0.4 is 4.74 Å². The highest BCUT2D eigenvalue weighted by atomic mass is 19.3. The summed E-state index contributed by atoms with van der Waals surface area (Å²) in [5.74, 6) is -1.83. The van der Waals surface area contributed by atoms with Crippen LogP contribution in [0.5, 0.6) is 5.75 Å². The molecule has 1 aliphatic heterocycles. The number of rotatable bonds is 4. The summed E-state index contributed by atoms with van der Waals surface area (Å²) in [5.41, 5.74) is 3.36. The second-order valence-corrected chi connectivity index (χ2v) is 8.58. The van der Waals surface area contributed by atoms with E-state index >= 15 is 0 Å². The fraction of sp³-hybridized carbons (Fsp3) is 0.458. The van der Waals surface area contributed by atoms with Crippen molar-refractivity contribution in [2.75, 3.05) is 13.7 Å². The van der Waals surface area contributed by atoms with Gasteiger partial charge in [-0.1, -0.05) is 25.0 Å². The molecule has 2 fully saturated rings. The second-order valence-electron chi connectivity index (χ2n) is 8.58. The van der Waals surface area contributed by atoms with E-state index in [0.717, 1.165) is 53.7 Å². The Bertz CT molecular complexity index is 1080. The molecule has 4 nitrogen and oxygen atoms in total. The van der Waals surface area contributed by atoms with Crippen LogP contribution in [0.1, 0.15) is 55.8 Å². The summed E-state index contributed by atoms with van der Waals surface area (Å²) in [4.78, 5) is 2.06. The first-order chi connectivity index (χ1) is 14.5. The number of alkyl halides is 2. The van der Waals surface area contributed by atoms with Gasteiger partial charge in [0.2, 0.25) is 0 Å². The third-order valence-electron chi connectivity index (χ3n) is 6.77. The zero-order valence-electron chi connectivity index (χ0n) is 17.1. The number of methoxy groups -OCH3 is 1. The van der Waals surface area contributed by atoms with Crippen molar-refractivity contribution in [3.05, 3.63) is 47.7 Å². The van der Waals surface area contributed by atoms with Gasteiger partial charge in [-0.2, -0.15) is 5.26 Å². The molecule has 2 aromatic rings. The molecule has 3 aliphatic rings. The summed E-state index contributed by atoms with van der Waals surface area (Å²) in [7, 11) is 1.64. The lowest BCUT2D eigenvalue weighted by Gasteiger charge is -2.45. The van der Waals surface area contributed by atoms with Gasteiger partial charge >= 0.3 is 0 Å². The summed E-state index contributed by atoms with van der Waals surface area (Å²) in [6.07, 6.45) is 10.1. The van der Waals surface area contributed by atoms with Gasteiger partial charge in [0.25, 0.3) is 5.92 Å².